The molecule has 0 aliphatic heterocycles. The highest BCUT2D eigenvalue weighted by atomic mass is 31.2. The summed E-state index contributed by atoms with van der Waals surface area (Å²) in [7, 11) is -9.90. The van der Waals surface area contributed by atoms with Crippen LogP contribution >= 0.6 is 15.6 Å². The molecule has 7 atom stereocenters. The Kier molecular flexibility index (Phi) is 57.6. The lowest BCUT2D eigenvalue weighted by atomic mass is 9.99. The first-order chi connectivity index (χ1) is 42.2. The lowest BCUT2D eigenvalue weighted by Crippen LogP contribution is -2.30. The number of hydrogen-bond donors (Lipinski definition) is 3. The number of phosphoric ester groups is 2. The molecule has 0 rings (SSSR count). The molecule has 522 valence electrons. The number of carbonyl (C=O) groups excluding carboxylic acids is 4. The summed E-state index contributed by atoms with van der Waals surface area (Å²) in [6.45, 7) is 14.1. The summed E-state index contributed by atoms with van der Waals surface area (Å²) in [4.78, 5) is 72.5. The summed E-state index contributed by atoms with van der Waals surface area (Å²) in [6, 6.07) is 0. The van der Waals surface area contributed by atoms with Crippen LogP contribution in [0.1, 0.15) is 338 Å². The Hall–Kier alpha value is -1.94. The minimum absolute atomic E-state index is 0.103. The molecule has 3 N–H and O–H groups in total. The molecule has 0 aromatic heterocycles. The average molecular weight is 1300 g/mol. The van der Waals surface area contributed by atoms with Crippen molar-refractivity contribution in [2.45, 2.75) is 356 Å². The van der Waals surface area contributed by atoms with Crippen molar-refractivity contribution in [3.63, 3.8) is 0 Å². The highest BCUT2D eigenvalue weighted by Crippen LogP contribution is 2.45. The molecule has 4 unspecified atom stereocenters. The Bertz CT molecular complexity index is 1750. The molecule has 0 aliphatic carbocycles. The van der Waals surface area contributed by atoms with Crippen molar-refractivity contribution in [3.05, 3.63) is 0 Å². The SMILES string of the molecule is CCC(C)CCCCCCCCCCC(=O)O[C@H](COC(=O)CCCCCCCCCCCCCCC(C)C)COP(=O)(O)OC[C@@H](O)COP(=O)(O)OC[C@@H](COC(=O)CCCCCCCCC(C)C)OC(=O)CCCCCCCCCCC(C)CC. The standard InChI is InChI=1S/C69H134O17P2/c1-9-61(7)47-39-31-22-17-19-25-35-43-51-68(73)85-64(55-79-66(71)49-41-33-24-16-14-12-11-13-15-21-29-37-45-59(3)4)57-83-87(75,76)81-53-63(70)54-82-88(77,78)84-58-65(56-80-67(72)50-42-34-28-27-30-38-46-60(5)6)86-69(74)52-44-36-26-20-18-23-32-40-48-62(8)10-2/h59-65,70H,9-58H2,1-8H3,(H,75,76)(H,77,78)/t61?,62?,63-,64-,65-/m1/s1. The Morgan fingerprint density at radius 3 is 0.807 bits per heavy atom. The average Bonchev–Trinajstić information content (AvgIpc) is 3.59. The number of unbranched alkanes of at least 4 members (excludes halogenated alkanes) is 30. The van der Waals surface area contributed by atoms with Crippen LogP contribution in [-0.4, -0.2) is 96.7 Å². The summed E-state index contributed by atoms with van der Waals surface area (Å²) in [5.41, 5.74) is 0. The van der Waals surface area contributed by atoms with Crippen molar-refractivity contribution < 1.29 is 80.2 Å². The summed E-state index contributed by atoms with van der Waals surface area (Å²) in [5, 5.41) is 10.6. The van der Waals surface area contributed by atoms with Gasteiger partial charge < -0.3 is 33.8 Å². The molecule has 0 aliphatic rings. The van der Waals surface area contributed by atoms with E-state index in [4.69, 9.17) is 37.0 Å². The summed E-state index contributed by atoms with van der Waals surface area (Å²) < 4.78 is 68.2. The quantitative estimate of drug-likeness (QED) is 0.0222. The first-order valence-corrected chi connectivity index (χ1v) is 38.8. The van der Waals surface area contributed by atoms with E-state index in [2.05, 4.69) is 55.4 Å². The molecule has 0 spiro atoms. The maximum Gasteiger partial charge on any atom is 0.472 e. The molecule has 0 bridgehead atoms. The summed E-state index contributed by atoms with van der Waals surface area (Å²) >= 11 is 0. The molecular weight excluding hydrogens is 1160 g/mol. The van der Waals surface area contributed by atoms with E-state index in [0.717, 1.165) is 114 Å². The fraction of sp³-hybridized carbons (Fsp3) is 0.942. The molecule has 0 amide bonds. The minimum atomic E-state index is -4.95. The highest BCUT2D eigenvalue weighted by Gasteiger charge is 2.30. The van der Waals surface area contributed by atoms with Crippen LogP contribution < -0.4 is 0 Å². The van der Waals surface area contributed by atoms with Crippen molar-refractivity contribution >= 4 is 39.5 Å². The second-order valence-corrected chi connectivity index (χ2v) is 29.3. The molecule has 19 heteroatoms. The number of phosphoric acid groups is 2. The van der Waals surface area contributed by atoms with Crippen molar-refractivity contribution in [1.29, 1.82) is 0 Å². The van der Waals surface area contributed by atoms with Crippen LogP contribution in [-0.2, 0) is 65.4 Å². The molecule has 0 saturated carbocycles. The van der Waals surface area contributed by atoms with Crippen molar-refractivity contribution in [1.82, 2.24) is 0 Å². The van der Waals surface area contributed by atoms with E-state index in [9.17, 15) is 43.2 Å². The van der Waals surface area contributed by atoms with E-state index >= 15 is 0 Å². The van der Waals surface area contributed by atoms with Crippen LogP contribution in [0.2, 0.25) is 0 Å². The maximum atomic E-state index is 13.0. The number of ether oxygens (including phenoxy) is 4. The smallest absolute Gasteiger partial charge is 0.462 e. The van der Waals surface area contributed by atoms with E-state index in [1.54, 1.807) is 0 Å². The molecule has 0 aromatic rings. The molecule has 0 radical (unpaired) electrons. The van der Waals surface area contributed by atoms with Gasteiger partial charge in [0.1, 0.15) is 19.3 Å². The Labute approximate surface area is 537 Å². The van der Waals surface area contributed by atoms with Gasteiger partial charge in [-0.05, 0) is 49.4 Å². The zero-order valence-corrected chi connectivity index (χ0v) is 59.1. The van der Waals surface area contributed by atoms with Gasteiger partial charge in [-0.1, -0.05) is 287 Å². The third-order valence-electron chi connectivity index (χ3n) is 16.5. The molecule has 0 heterocycles. The Morgan fingerprint density at radius 1 is 0.318 bits per heavy atom. The normalized spacial score (nSPS) is 14.9. The van der Waals surface area contributed by atoms with Gasteiger partial charge in [-0.3, -0.25) is 37.3 Å². The van der Waals surface area contributed by atoms with Gasteiger partial charge in [0.05, 0.1) is 26.4 Å². The minimum Gasteiger partial charge on any atom is -0.462 e. The fourth-order valence-corrected chi connectivity index (χ4v) is 11.8. The predicted octanol–water partition coefficient (Wildman–Crippen LogP) is 19.3. The van der Waals surface area contributed by atoms with Gasteiger partial charge in [0.25, 0.3) is 0 Å². The number of esters is 4. The largest absolute Gasteiger partial charge is 0.472 e. The van der Waals surface area contributed by atoms with Crippen LogP contribution in [0.5, 0.6) is 0 Å². The Morgan fingerprint density at radius 2 is 0.545 bits per heavy atom. The third kappa shape index (κ3) is 60.3. The van der Waals surface area contributed by atoms with Crippen LogP contribution in [0.4, 0.5) is 0 Å². The van der Waals surface area contributed by atoms with Crippen LogP contribution in [0, 0.1) is 23.7 Å². The van der Waals surface area contributed by atoms with Crippen molar-refractivity contribution in [3.8, 4) is 0 Å². The van der Waals surface area contributed by atoms with Crippen molar-refractivity contribution in [2.24, 2.45) is 23.7 Å². The zero-order valence-electron chi connectivity index (χ0n) is 57.3. The van der Waals surface area contributed by atoms with E-state index in [1.165, 1.54) is 135 Å². The monoisotopic (exact) mass is 1300 g/mol. The molecule has 88 heavy (non-hydrogen) atoms. The first-order valence-electron chi connectivity index (χ1n) is 35.8. The second-order valence-electron chi connectivity index (χ2n) is 26.4. The zero-order chi connectivity index (χ0) is 65.4. The lowest BCUT2D eigenvalue weighted by molar-refractivity contribution is -0.161. The fourth-order valence-electron chi connectivity index (χ4n) is 10.2. The van der Waals surface area contributed by atoms with Gasteiger partial charge in [0, 0.05) is 25.7 Å². The van der Waals surface area contributed by atoms with Gasteiger partial charge >= 0.3 is 39.5 Å². The number of aliphatic hydroxyl groups excluding tert-OH is 1. The van der Waals surface area contributed by atoms with Crippen LogP contribution in [0.15, 0.2) is 0 Å². The van der Waals surface area contributed by atoms with Gasteiger partial charge in [-0.25, -0.2) is 9.13 Å². The van der Waals surface area contributed by atoms with E-state index < -0.39 is 97.5 Å². The Balaban J connectivity index is 5.25. The number of aliphatic hydroxyl groups is 1. The number of rotatable bonds is 66. The molecule has 0 aromatic carbocycles. The topological polar surface area (TPSA) is 237 Å². The van der Waals surface area contributed by atoms with Crippen LogP contribution in [0.3, 0.4) is 0 Å². The maximum absolute atomic E-state index is 13.0. The molecule has 17 nitrogen and oxygen atoms in total. The second kappa shape index (κ2) is 58.8. The third-order valence-corrected chi connectivity index (χ3v) is 18.4. The van der Waals surface area contributed by atoms with Crippen LogP contribution in [0.25, 0.3) is 0 Å². The van der Waals surface area contributed by atoms with E-state index in [1.807, 2.05) is 0 Å². The molecule has 0 saturated heterocycles. The van der Waals surface area contributed by atoms with Crippen molar-refractivity contribution in [2.75, 3.05) is 39.6 Å². The van der Waals surface area contributed by atoms with Gasteiger partial charge in [-0.15, -0.1) is 0 Å². The van der Waals surface area contributed by atoms with E-state index in [-0.39, 0.29) is 25.7 Å². The molecule has 0 fully saturated rings. The number of hydrogen-bond acceptors (Lipinski definition) is 15. The first kappa shape index (κ1) is 86.1. The molecular formula is C69H134O17P2. The highest BCUT2D eigenvalue weighted by molar-refractivity contribution is 7.47. The van der Waals surface area contributed by atoms with E-state index in [0.29, 0.717) is 31.6 Å². The summed E-state index contributed by atoms with van der Waals surface area (Å²) in [5.74, 6) is 0.866. The van der Waals surface area contributed by atoms with Gasteiger partial charge in [-0.2, -0.15) is 0 Å². The number of carbonyl (C=O) groups is 4. The van der Waals surface area contributed by atoms with Gasteiger partial charge in [0.2, 0.25) is 0 Å². The lowest BCUT2D eigenvalue weighted by Gasteiger charge is -2.21. The predicted molar refractivity (Wildman–Crippen MR) is 354 cm³/mol. The summed E-state index contributed by atoms with van der Waals surface area (Å²) in [6.07, 6.45) is 40.3. The van der Waals surface area contributed by atoms with Gasteiger partial charge in [0.15, 0.2) is 12.2 Å².